The number of anilines is 1. The second-order valence-corrected chi connectivity index (χ2v) is 7.43. The Kier molecular flexibility index (Phi) is 6.98. The number of halogens is 1. The van der Waals surface area contributed by atoms with Gasteiger partial charge in [-0.25, -0.2) is 0 Å². The van der Waals surface area contributed by atoms with Gasteiger partial charge in [-0.1, -0.05) is 18.2 Å². The molecule has 1 amide bonds. The third kappa shape index (κ3) is 5.20. The molecule has 0 aliphatic carbocycles. The molecule has 3 rings (SSSR count). The Labute approximate surface area is 184 Å². The van der Waals surface area contributed by atoms with E-state index in [9.17, 15) is 4.79 Å². The molecule has 0 spiro atoms. The predicted octanol–water partition coefficient (Wildman–Crippen LogP) is 6.05. The highest BCUT2D eigenvalue weighted by Gasteiger charge is 2.15. The van der Waals surface area contributed by atoms with Gasteiger partial charge in [0.1, 0.15) is 11.5 Å². The van der Waals surface area contributed by atoms with E-state index < -0.39 is 0 Å². The number of nitrogens with one attached hydrogen (secondary N) is 1. The molecule has 6 heteroatoms. The molecule has 3 aromatic rings. The van der Waals surface area contributed by atoms with Crippen molar-refractivity contribution < 1.29 is 19.0 Å². The molecule has 0 fully saturated rings. The van der Waals surface area contributed by atoms with Crippen molar-refractivity contribution in [2.75, 3.05) is 19.0 Å². The van der Waals surface area contributed by atoms with E-state index in [1.54, 1.807) is 19.2 Å². The quantitative estimate of drug-likeness (QED) is 0.399. The second kappa shape index (κ2) is 9.65. The van der Waals surface area contributed by atoms with E-state index >= 15 is 0 Å². The van der Waals surface area contributed by atoms with E-state index in [0.29, 0.717) is 35.1 Å². The van der Waals surface area contributed by atoms with Crippen molar-refractivity contribution >= 4 is 34.2 Å². The maximum atomic E-state index is 12.7. The molecular formula is C23H22INO4. The molecule has 0 atom stereocenters. The van der Waals surface area contributed by atoms with Crippen molar-refractivity contribution in [1.29, 1.82) is 0 Å². The van der Waals surface area contributed by atoms with Gasteiger partial charge in [-0.2, -0.15) is 0 Å². The summed E-state index contributed by atoms with van der Waals surface area (Å²) in [6.07, 6.45) is 0. The van der Waals surface area contributed by atoms with Gasteiger partial charge in [0.2, 0.25) is 0 Å². The van der Waals surface area contributed by atoms with E-state index in [1.165, 1.54) is 0 Å². The molecule has 0 heterocycles. The Balaban J connectivity index is 1.72. The fraction of sp³-hybridized carbons (Fsp3) is 0.174. The third-order valence-electron chi connectivity index (χ3n) is 4.21. The zero-order chi connectivity index (χ0) is 20.8. The average molecular weight is 503 g/mol. The second-order valence-electron chi connectivity index (χ2n) is 6.27. The Morgan fingerprint density at radius 1 is 1.03 bits per heavy atom. The van der Waals surface area contributed by atoms with E-state index in [0.717, 1.165) is 14.9 Å². The average Bonchev–Trinajstić information content (AvgIpc) is 2.72. The van der Waals surface area contributed by atoms with Crippen LogP contribution in [0.15, 0.2) is 60.7 Å². The number of amides is 1. The van der Waals surface area contributed by atoms with Gasteiger partial charge in [-0.3, -0.25) is 4.79 Å². The molecule has 0 saturated heterocycles. The number of hydrogen-bond donors (Lipinski definition) is 1. The van der Waals surface area contributed by atoms with Crippen LogP contribution in [-0.4, -0.2) is 19.6 Å². The van der Waals surface area contributed by atoms with Gasteiger partial charge in [0, 0.05) is 11.3 Å². The molecule has 0 unspecified atom stereocenters. The van der Waals surface area contributed by atoms with Gasteiger partial charge in [-0.15, -0.1) is 0 Å². The van der Waals surface area contributed by atoms with Crippen LogP contribution < -0.4 is 19.5 Å². The van der Waals surface area contributed by atoms with Crippen LogP contribution in [0.25, 0.3) is 0 Å². The van der Waals surface area contributed by atoms with Crippen LogP contribution in [0.5, 0.6) is 23.0 Å². The number of methoxy groups -OCH3 is 1. The molecule has 0 bridgehead atoms. The minimum absolute atomic E-state index is 0.225. The fourth-order valence-corrected chi connectivity index (χ4v) is 3.50. The summed E-state index contributed by atoms with van der Waals surface area (Å²) in [5, 5.41) is 2.90. The lowest BCUT2D eigenvalue weighted by atomic mass is 10.1. The summed E-state index contributed by atoms with van der Waals surface area (Å²) in [5.41, 5.74) is 2.23. The van der Waals surface area contributed by atoms with Gasteiger partial charge in [-0.05, 0) is 84.5 Å². The SMILES string of the molecule is CCOc1c(I)cc(C(=O)Nc2ccc(Oc3ccccc3C)cc2)cc1OC. The molecule has 29 heavy (non-hydrogen) atoms. The maximum Gasteiger partial charge on any atom is 0.255 e. The number of benzene rings is 3. The highest BCUT2D eigenvalue weighted by molar-refractivity contribution is 14.1. The van der Waals surface area contributed by atoms with Crippen LogP contribution in [-0.2, 0) is 0 Å². The van der Waals surface area contributed by atoms with Crippen LogP contribution in [0.2, 0.25) is 0 Å². The van der Waals surface area contributed by atoms with E-state index in [4.69, 9.17) is 14.2 Å². The van der Waals surface area contributed by atoms with E-state index in [2.05, 4.69) is 27.9 Å². The Bertz CT molecular complexity index is 1000. The molecule has 0 saturated carbocycles. The summed E-state index contributed by atoms with van der Waals surface area (Å²) in [6, 6.07) is 18.5. The normalized spacial score (nSPS) is 10.3. The standard InChI is InChI=1S/C23H22INO4/c1-4-28-22-19(24)13-16(14-21(22)27-3)23(26)25-17-9-11-18(12-10-17)29-20-8-6-5-7-15(20)2/h5-14H,4H2,1-3H3,(H,25,26). The van der Waals surface area contributed by atoms with Crippen LogP contribution in [0.3, 0.4) is 0 Å². The first-order valence-corrected chi connectivity index (χ1v) is 10.2. The fourth-order valence-electron chi connectivity index (χ4n) is 2.74. The molecular weight excluding hydrogens is 481 g/mol. The van der Waals surface area contributed by atoms with Gasteiger partial charge in [0.25, 0.3) is 5.91 Å². The van der Waals surface area contributed by atoms with Crippen molar-refractivity contribution in [3.05, 3.63) is 75.4 Å². The number of carbonyl (C=O) groups is 1. The molecule has 5 nitrogen and oxygen atoms in total. The first-order valence-electron chi connectivity index (χ1n) is 9.17. The number of ether oxygens (including phenoxy) is 3. The number of carbonyl (C=O) groups excluding carboxylic acids is 1. The zero-order valence-electron chi connectivity index (χ0n) is 16.5. The third-order valence-corrected chi connectivity index (χ3v) is 5.02. The highest BCUT2D eigenvalue weighted by Crippen LogP contribution is 2.34. The van der Waals surface area contributed by atoms with E-state index in [1.807, 2.05) is 62.4 Å². The van der Waals surface area contributed by atoms with Crippen LogP contribution in [0.4, 0.5) is 5.69 Å². The van der Waals surface area contributed by atoms with Gasteiger partial charge < -0.3 is 19.5 Å². The summed E-state index contributed by atoms with van der Waals surface area (Å²) in [7, 11) is 1.56. The van der Waals surface area contributed by atoms with Gasteiger partial charge in [0.15, 0.2) is 11.5 Å². The maximum absolute atomic E-state index is 12.7. The number of rotatable bonds is 7. The van der Waals surface area contributed by atoms with Gasteiger partial charge >= 0.3 is 0 Å². The van der Waals surface area contributed by atoms with Gasteiger partial charge in [0.05, 0.1) is 17.3 Å². The van der Waals surface area contributed by atoms with Crippen molar-refractivity contribution in [3.63, 3.8) is 0 Å². The monoisotopic (exact) mass is 503 g/mol. The minimum Gasteiger partial charge on any atom is -0.493 e. The Morgan fingerprint density at radius 2 is 1.76 bits per heavy atom. The smallest absolute Gasteiger partial charge is 0.255 e. The lowest BCUT2D eigenvalue weighted by Gasteiger charge is -2.14. The van der Waals surface area contributed by atoms with E-state index in [-0.39, 0.29) is 5.91 Å². The van der Waals surface area contributed by atoms with Crippen LogP contribution in [0.1, 0.15) is 22.8 Å². The molecule has 0 aliphatic heterocycles. The first-order chi connectivity index (χ1) is 14.0. The summed E-state index contributed by atoms with van der Waals surface area (Å²) >= 11 is 2.14. The molecule has 0 radical (unpaired) electrons. The Morgan fingerprint density at radius 3 is 2.41 bits per heavy atom. The zero-order valence-corrected chi connectivity index (χ0v) is 18.6. The lowest BCUT2D eigenvalue weighted by molar-refractivity contribution is 0.102. The van der Waals surface area contributed by atoms with Crippen molar-refractivity contribution in [1.82, 2.24) is 0 Å². The highest BCUT2D eigenvalue weighted by atomic mass is 127. The van der Waals surface area contributed by atoms with Crippen molar-refractivity contribution in [2.45, 2.75) is 13.8 Å². The number of hydrogen-bond acceptors (Lipinski definition) is 4. The van der Waals surface area contributed by atoms with Crippen molar-refractivity contribution in [2.24, 2.45) is 0 Å². The van der Waals surface area contributed by atoms with Crippen LogP contribution >= 0.6 is 22.6 Å². The molecule has 150 valence electrons. The topological polar surface area (TPSA) is 56.8 Å². The molecule has 3 aromatic carbocycles. The van der Waals surface area contributed by atoms with Crippen molar-refractivity contribution in [3.8, 4) is 23.0 Å². The Hall–Kier alpha value is -2.74. The molecule has 0 aromatic heterocycles. The summed E-state index contributed by atoms with van der Waals surface area (Å²) < 4.78 is 17.7. The number of aryl methyl sites for hydroxylation is 1. The summed E-state index contributed by atoms with van der Waals surface area (Å²) in [6.45, 7) is 4.42. The van der Waals surface area contributed by atoms with Crippen LogP contribution in [0, 0.1) is 10.5 Å². The largest absolute Gasteiger partial charge is 0.493 e. The summed E-state index contributed by atoms with van der Waals surface area (Å²) in [4.78, 5) is 12.7. The summed E-state index contributed by atoms with van der Waals surface area (Å²) in [5.74, 6) is 2.46. The predicted molar refractivity (Wildman–Crippen MR) is 123 cm³/mol. The minimum atomic E-state index is -0.225. The first kappa shape index (κ1) is 21.0. The molecule has 1 N–H and O–H groups in total. The number of para-hydroxylation sites is 1. The molecule has 0 aliphatic rings. The lowest BCUT2D eigenvalue weighted by Crippen LogP contribution is -2.12.